The van der Waals surface area contributed by atoms with E-state index in [2.05, 4.69) is 4.90 Å². The summed E-state index contributed by atoms with van der Waals surface area (Å²) in [5.41, 5.74) is 6.23. The Hall–Kier alpha value is -0.610. The molecule has 2 aliphatic carbocycles. The van der Waals surface area contributed by atoms with Gasteiger partial charge in [-0.05, 0) is 70.4 Å². The number of esters is 1. The highest BCUT2D eigenvalue weighted by Gasteiger charge is 2.46. The van der Waals surface area contributed by atoms with Crippen LogP contribution in [-0.4, -0.2) is 42.1 Å². The molecule has 2 saturated carbocycles. The number of nitrogens with zero attached hydrogens (tertiary/aromatic N) is 1. The molecule has 120 valence electrons. The summed E-state index contributed by atoms with van der Waals surface area (Å²) in [6.07, 6.45) is 11.0. The molecule has 1 aliphatic heterocycles. The van der Waals surface area contributed by atoms with Crippen LogP contribution in [0.5, 0.6) is 0 Å². The Kier molecular flexibility index (Phi) is 4.28. The van der Waals surface area contributed by atoms with Crippen molar-refractivity contribution in [2.75, 3.05) is 19.7 Å². The zero-order chi connectivity index (χ0) is 14.9. The number of ether oxygens (including phenoxy) is 1. The fourth-order valence-electron chi connectivity index (χ4n) is 4.81. The average Bonchev–Trinajstić information content (AvgIpc) is 3.09. The molecule has 0 aromatic heterocycles. The van der Waals surface area contributed by atoms with E-state index in [-0.39, 0.29) is 5.97 Å². The van der Waals surface area contributed by atoms with Crippen molar-refractivity contribution >= 4 is 5.97 Å². The van der Waals surface area contributed by atoms with Crippen molar-refractivity contribution in [3.05, 3.63) is 0 Å². The molecule has 2 unspecified atom stereocenters. The van der Waals surface area contributed by atoms with Crippen LogP contribution in [0.4, 0.5) is 0 Å². The molecule has 3 fully saturated rings. The Bertz CT molecular complexity index is 382. The first kappa shape index (κ1) is 15.3. The topological polar surface area (TPSA) is 55.6 Å². The van der Waals surface area contributed by atoms with E-state index in [1.54, 1.807) is 0 Å². The van der Waals surface area contributed by atoms with Crippen molar-refractivity contribution in [1.29, 1.82) is 0 Å². The van der Waals surface area contributed by atoms with E-state index in [1.165, 1.54) is 51.6 Å². The van der Waals surface area contributed by atoms with E-state index in [1.807, 2.05) is 6.92 Å². The van der Waals surface area contributed by atoms with Crippen molar-refractivity contribution in [3.8, 4) is 0 Å². The number of rotatable bonds is 3. The number of likely N-dealkylation sites (tertiary alicyclic amines) is 1. The van der Waals surface area contributed by atoms with Gasteiger partial charge in [0.1, 0.15) is 5.54 Å². The van der Waals surface area contributed by atoms with Gasteiger partial charge in [-0.1, -0.05) is 12.8 Å². The fraction of sp³-hybridized carbons (Fsp3) is 0.941. The highest BCUT2D eigenvalue weighted by Crippen LogP contribution is 2.47. The van der Waals surface area contributed by atoms with Gasteiger partial charge in [0.25, 0.3) is 0 Å². The third-order valence-electron chi connectivity index (χ3n) is 6.24. The Labute approximate surface area is 128 Å². The molecule has 1 saturated heterocycles. The van der Waals surface area contributed by atoms with Gasteiger partial charge >= 0.3 is 5.97 Å². The first-order valence-corrected chi connectivity index (χ1v) is 8.77. The van der Waals surface area contributed by atoms with Crippen LogP contribution < -0.4 is 5.73 Å². The van der Waals surface area contributed by atoms with Gasteiger partial charge in [-0.3, -0.25) is 4.79 Å². The maximum atomic E-state index is 12.0. The Morgan fingerprint density at radius 3 is 2.48 bits per heavy atom. The Morgan fingerprint density at radius 1 is 1.19 bits per heavy atom. The predicted octanol–water partition coefficient (Wildman–Crippen LogP) is 2.46. The second kappa shape index (κ2) is 5.88. The van der Waals surface area contributed by atoms with Gasteiger partial charge in [0, 0.05) is 6.04 Å². The lowest BCUT2D eigenvalue weighted by atomic mass is 9.76. The van der Waals surface area contributed by atoms with Crippen molar-refractivity contribution in [2.24, 2.45) is 11.1 Å². The van der Waals surface area contributed by atoms with Crippen molar-refractivity contribution in [3.63, 3.8) is 0 Å². The molecule has 0 bridgehead atoms. The highest BCUT2D eigenvalue weighted by atomic mass is 16.5. The van der Waals surface area contributed by atoms with Gasteiger partial charge in [0.2, 0.25) is 0 Å². The van der Waals surface area contributed by atoms with Crippen LogP contribution in [0.15, 0.2) is 0 Å². The molecule has 0 aromatic carbocycles. The second-order valence-corrected chi connectivity index (χ2v) is 7.52. The lowest BCUT2D eigenvalue weighted by Gasteiger charge is -2.42. The zero-order valence-electron chi connectivity index (χ0n) is 13.4. The minimum absolute atomic E-state index is 0.197. The van der Waals surface area contributed by atoms with Crippen LogP contribution in [0.1, 0.15) is 64.7 Å². The molecule has 1 spiro atoms. The monoisotopic (exact) mass is 294 g/mol. The van der Waals surface area contributed by atoms with E-state index in [4.69, 9.17) is 10.5 Å². The normalized spacial score (nSPS) is 36.2. The number of hydrogen-bond acceptors (Lipinski definition) is 4. The number of piperidine rings is 1. The molecule has 3 rings (SSSR count). The molecule has 21 heavy (non-hydrogen) atoms. The molecule has 3 aliphatic rings. The minimum atomic E-state index is -0.733. The van der Waals surface area contributed by atoms with E-state index < -0.39 is 5.54 Å². The quantitative estimate of drug-likeness (QED) is 0.812. The fourth-order valence-corrected chi connectivity index (χ4v) is 4.81. The van der Waals surface area contributed by atoms with Crippen LogP contribution in [0, 0.1) is 5.41 Å². The summed E-state index contributed by atoms with van der Waals surface area (Å²) in [5.74, 6) is -0.197. The first-order valence-electron chi connectivity index (χ1n) is 8.77. The summed E-state index contributed by atoms with van der Waals surface area (Å²) in [4.78, 5) is 14.6. The SMILES string of the molecule is CCOC(=O)C1(N)CCC(N2CCC3(CCCC3)CC2)C1. The Balaban J connectivity index is 1.54. The molecule has 2 N–H and O–H groups in total. The zero-order valence-corrected chi connectivity index (χ0v) is 13.4. The third-order valence-corrected chi connectivity index (χ3v) is 6.24. The van der Waals surface area contributed by atoms with Crippen molar-refractivity contribution in [2.45, 2.75) is 76.3 Å². The smallest absolute Gasteiger partial charge is 0.326 e. The van der Waals surface area contributed by atoms with Gasteiger partial charge in [0.05, 0.1) is 6.61 Å². The van der Waals surface area contributed by atoms with E-state index >= 15 is 0 Å². The molecule has 4 heteroatoms. The summed E-state index contributed by atoms with van der Waals surface area (Å²) in [7, 11) is 0. The maximum Gasteiger partial charge on any atom is 0.326 e. The van der Waals surface area contributed by atoms with Crippen LogP contribution in [0.3, 0.4) is 0 Å². The highest BCUT2D eigenvalue weighted by molar-refractivity contribution is 5.81. The third kappa shape index (κ3) is 2.98. The van der Waals surface area contributed by atoms with Gasteiger partial charge in [0.15, 0.2) is 0 Å². The number of hydrogen-bond donors (Lipinski definition) is 1. The van der Waals surface area contributed by atoms with Crippen molar-refractivity contribution in [1.82, 2.24) is 4.90 Å². The average molecular weight is 294 g/mol. The number of nitrogens with two attached hydrogens (primary N) is 1. The van der Waals surface area contributed by atoms with Crippen LogP contribution in [-0.2, 0) is 9.53 Å². The van der Waals surface area contributed by atoms with Gasteiger partial charge in [-0.25, -0.2) is 0 Å². The Morgan fingerprint density at radius 2 is 1.86 bits per heavy atom. The molecule has 0 amide bonds. The summed E-state index contributed by atoms with van der Waals surface area (Å²) >= 11 is 0. The molecule has 4 nitrogen and oxygen atoms in total. The lowest BCUT2D eigenvalue weighted by molar-refractivity contribution is -0.149. The summed E-state index contributed by atoms with van der Waals surface area (Å²) in [5, 5.41) is 0. The van der Waals surface area contributed by atoms with Gasteiger partial charge in [-0.15, -0.1) is 0 Å². The van der Waals surface area contributed by atoms with Crippen molar-refractivity contribution < 1.29 is 9.53 Å². The van der Waals surface area contributed by atoms with E-state index in [9.17, 15) is 4.79 Å². The standard InChI is InChI=1S/C17H30N2O2/c1-2-21-15(20)17(18)8-5-14(13-17)19-11-9-16(10-12-19)6-3-4-7-16/h14H,2-13,18H2,1H3. The molecular weight excluding hydrogens is 264 g/mol. The minimum Gasteiger partial charge on any atom is -0.465 e. The van der Waals surface area contributed by atoms with E-state index in [0.29, 0.717) is 18.1 Å². The maximum absolute atomic E-state index is 12.0. The number of carbonyl (C=O) groups is 1. The van der Waals surface area contributed by atoms with Crippen LogP contribution in [0.2, 0.25) is 0 Å². The molecular formula is C17H30N2O2. The number of carbonyl (C=O) groups excluding carboxylic acids is 1. The summed E-state index contributed by atoms with van der Waals surface area (Å²) < 4.78 is 5.16. The first-order chi connectivity index (χ1) is 10.1. The lowest BCUT2D eigenvalue weighted by Crippen LogP contribution is -2.49. The molecule has 0 aromatic rings. The van der Waals surface area contributed by atoms with Gasteiger partial charge < -0.3 is 15.4 Å². The van der Waals surface area contributed by atoms with E-state index in [0.717, 1.165) is 19.3 Å². The molecule has 1 heterocycles. The predicted molar refractivity (Wildman–Crippen MR) is 82.9 cm³/mol. The molecule has 0 radical (unpaired) electrons. The molecule has 2 atom stereocenters. The summed E-state index contributed by atoms with van der Waals surface area (Å²) in [6, 6.07) is 0.484. The largest absolute Gasteiger partial charge is 0.465 e. The van der Waals surface area contributed by atoms with Gasteiger partial charge in [-0.2, -0.15) is 0 Å². The summed E-state index contributed by atoms with van der Waals surface area (Å²) in [6.45, 7) is 4.67. The van der Waals surface area contributed by atoms with Crippen LogP contribution in [0.25, 0.3) is 0 Å². The second-order valence-electron chi connectivity index (χ2n) is 7.52. The van der Waals surface area contributed by atoms with Crippen LogP contribution >= 0.6 is 0 Å².